The molecule has 224 valence electrons. The van der Waals surface area contributed by atoms with Crippen LogP contribution in [0.1, 0.15) is 0 Å². The number of thiophene rings is 1. The summed E-state index contributed by atoms with van der Waals surface area (Å²) in [7, 11) is 0. The van der Waals surface area contributed by atoms with E-state index in [1.807, 2.05) is 11.3 Å². The summed E-state index contributed by atoms with van der Waals surface area (Å²) < 4.78 is 9.83. The topological polar surface area (TPSA) is 14.8 Å². The van der Waals surface area contributed by atoms with Crippen molar-refractivity contribution in [3.05, 3.63) is 164 Å². The normalized spacial score (nSPS) is 12.2. The van der Waals surface area contributed by atoms with E-state index in [1.54, 1.807) is 0 Å². The van der Waals surface area contributed by atoms with E-state index >= 15 is 0 Å². The van der Waals surface area contributed by atoms with Gasteiger partial charge < -0.3 is 13.7 Å². The van der Waals surface area contributed by atoms with Crippen LogP contribution in [0.2, 0.25) is 0 Å². The molecular weight excluding hydrogens is 603 g/mol. The first kappa shape index (κ1) is 26.0. The molecule has 11 rings (SSSR count). The van der Waals surface area contributed by atoms with Crippen LogP contribution in [0.3, 0.4) is 0 Å². The third-order valence-electron chi connectivity index (χ3n) is 10.0. The summed E-state index contributed by atoms with van der Waals surface area (Å²) in [4.78, 5) is 0. The summed E-state index contributed by atoms with van der Waals surface area (Å²) in [6.07, 6.45) is 2.19. The standard InChI is InChI=1S/C44H27N3S/c1-3-11-29(12-4-1)45-22-21-28-23-41-35(25-40(28)45)36-27-44-37(33-16-8-10-18-43(33)48-44)26-42(36)47(41)31-19-20-39-34(24-31)32-15-7-9-17-38(32)46(39)30-13-5-2-6-14-30/h1-27H. The minimum Gasteiger partial charge on any atom is -0.317 e. The van der Waals surface area contributed by atoms with Crippen molar-refractivity contribution in [2.45, 2.75) is 0 Å². The number of rotatable bonds is 3. The lowest BCUT2D eigenvalue weighted by Crippen LogP contribution is -1.96. The highest BCUT2D eigenvalue weighted by molar-refractivity contribution is 7.25. The summed E-state index contributed by atoms with van der Waals surface area (Å²) in [6.45, 7) is 0. The molecule has 0 aliphatic heterocycles. The highest BCUT2D eigenvalue weighted by Gasteiger charge is 2.19. The predicted octanol–water partition coefficient (Wildman–Crippen LogP) is 12.2. The molecule has 0 N–H and O–H groups in total. The molecule has 48 heavy (non-hydrogen) atoms. The van der Waals surface area contributed by atoms with E-state index in [0.29, 0.717) is 0 Å². The Morgan fingerprint density at radius 1 is 0.333 bits per heavy atom. The van der Waals surface area contributed by atoms with Crippen LogP contribution in [0.5, 0.6) is 0 Å². The van der Waals surface area contributed by atoms with Crippen LogP contribution in [0, 0.1) is 0 Å². The van der Waals surface area contributed by atoms with Gasteiger partial charge in [-0.05, 0) is 84.9 Å². The Morgan fingerprint density at radius 3 is 1.81 bits per heavy atom. The van der Waals surface area contributed by atoms with Gasteiger partial charge in [0.1, 0.15) is 0 Å². The molecule has 4 heteroatoms. The number of fused-ring (bicyclic) bond motifs is 10. The molecule has 0 bridgehead atoms. The Bertz CT molecular complexity index is 3050. The second kappa shape index (κ2) is 9.71. The number of aromatic nitrogens is 3. The van der Waals surface area contributed by atoms with E-state index in [-0.39, 0.29) is 0 Å². The SMILES string of the molecule is c1ccc(-n2ccc3cc4c(cc32)c2cc3sc5ccccc5c3cc2n4-c2ccc3c(c2)c2ccccc2n3-c2ccccc2)cc1. The second-order valence-electron chi connectivity index (χ2n) is 12.6. The smallest absolute Gasteiger partial charge is 0.0548 e. The number of hydrogen-bond acceptors (Lipinski definition) is 1. The maximum Gasteiger partial charge on any atom is 0.0548 e. The Morgan fingerprint density at radius 2 is 0.958 bits per heavy atom. The van der Waals surface area contributed by atoms with Crippen molar-refractivity contribution in [1.82, 2.24) is 13.7 Å². The van der Waals surface area contributed by atoms with E-state index in [4.69, 9.17) is 0 Å². The quantitative estimate of drug-likeness (QED) is 0.185. The van der Waals surface area contributed by atoms with Gasteiger partial charge in [-0.3, -0.25) is 0 Å². The maximum atomic E-state index is 2.49. The fourth-order valence-electron chi connectivity index (χ4n) is 7.91. The number of benzene rings is 7. The lowest BCUT2D eigenvalue weighted by atomic mass is 10.1. The van der Waals surface area contributed by atoms with Crippen LogP contribution in [0.25, 0.3) is 91.7 Å². The molecule has 0 atom stereocenters. The fourth-order valence-corrected chi connectivity index (χ4v) is 9.04. The molecule has 0 radical (unpaired) electrons. The van der Waals surface area contributed by atoms with Crippen LogP contribution < -0.4 is 0 Å². The summed E-state index contributed by atoms with van der Waals surface area (Å²) in [5, 5.41) is 8.90. The largest absolute Gasteiger partial charge is 0.317 e. The Hall–Kier alpha value is -6.10. The average Bonchev–Trinajstić information content (AvgIpc) is 3.89. The Kier molecular flexibility index (Phi) is 5.26. The van der Waals surface area contributed by atoms with Gasteiger partial charge >= 0.3 is 0 Å². The van der Waals surface area contributed by atoms with Crippen molar-refractivity contribution in [2.24, 2.45) is 0 Å². The molecule has 4 aromatic heterocycles. The van der Waals surface area contributed by atoms with Gasteiger partial charge in [-0.1, -0.05) is 72.8 Å². The van der Waals surface area contributed by atoms with Crippen LogP contribution in [-0.4, -0.2) is 13.7 Å². The summed E-state index contributed by atoms with van der Waals surface area (Å²) in [5.41, 5.74) is 9.59. The van der Waals surface area contributed by atoms with E-state index in [2.05, 4.69) is 178 Å². The number of hydrogen-bond donors (Lipinski definition) is 0. The molecule has 3 nitrogen and oxygen atoms in total. The van der Waals surface area contributed by atoms with Crippen molar-refractivity contribution in [2.75, 3.05) is 0 Å². The first-order valence-electron chi connectivity index (χ1n) is 16.4. The van der Waals surface area contributed by atoms with Gasteiger partial charge in [-0.15, -0.1) is 11.3 Å². The molecule has 7 aromatic carbocycles. The Balaban J connectivity index is 1.26. The fraction of sp³-hybridized carbons (Fsp3) is 0. The summed E-state index contributed by atoms with van der Waals surface area (Å²) in [5.74, 6) is 0. The van der Waals surface area contributed by atoms with Crippen molar-refractivity contribution >= 4 is 86.0 Å². The van der Waals surface area contributed by atoms with Crippen molar-refractivity contribution < 1.29 is 0 Å². The minimum atomic E-state index is 1.17. The van der Waals surface area contributed by atoms with E-state index < -0.39 is 0 Å². The third kappa shape index (κ3) is 3.58. The van der Waals surface area contributed by atoms with E-state index in [1.165, 1.54) is 91.7 Å². The summed E-state index contributed by atoms with van der Waals surface area (Å²) in [6, 6.07) is 57.8. The molecule has 4 heterocycles. The van der Waals surface area contributed by atoms with Crippen molar-refractivity contribution in [1.29, 1.82) is 0 Å². The zero-order valence-corrected chi connectivity index (χ0v) is 26.7. The van der Waals surface area contributed by atoms with E-state index in [9.17, 15) is 0 Å². The molecule has 11 aromatic rings. The zero-order valence-electron chi connectivity index (χ0n) is 25.8. The molecule has 0 aliphatic carbocycles. The second-order valence-corrected chi connectivity index (χ2v) is 13.7. The first-order chi connectivity index (χ1) is 23.8. The molecular formula is C44H27N3S. The predicted molar refractivity (Wildman–Crippen MR) is 205 cm³/mol. The average molecular weight is 630 g/mol. The monoisotopic (exact) mass is 629 g/mol. The van der Waals surface area contributed by atoms with Gasteiger partial charge in [0.05, 0.1) is 27.6 Å². The van der Waals surface area contributed by atoms with Gasteiger partial charge in [-0.25, -0.2) is 0 Å². The molecule has 0 saturated carbocycles. The lowest BCUT2D eigenvalue weighted by molar-refractivity contribution is 1.13. The van der Waals surface area contributed by atoms with Gasteiger partial charge in [0.2, 0.25) is 0 Å². The summed E-state index contributed by atoms with van der Waals surface area (Å²) >= 11 is 1.88. The highest BCUT2D eigenvalue weighted by Crippen LogP contribution is 2.43. The molecule has 0 fully saturated rings. The molecule has 0 spiro atoms. The lowest BCUT2D eigenvalue weighted by Gasteiger charge is -2.11. The van der Waals surface area contributed by atoms with Crippen LogP contribution in [0.4, 0.5) is 0 Å². The number of nitrogens with zero attached hydrogens (tertiary/aromatic N) is 3. The highest BCUT2D eigenvalue weighted by atomic mass is 32.1. The van der Waals surface area contributed by atoms with Gasteiger partial charge in [0.25, 0.3) is 0 Å². The molecule has 0 saturated heterocycles. The zero-order chi connectivity index (χ0) is 31.3. The number of para-hydroxylation sites is 3. The Labute approximate surface area is 279 Å². The van der Waals surface area contributed by atoms with Crippen LogP contribution >= 0.6 is 11.3 Å². The van der Waals surface area contributed by atoms with Crippen molar-refractivity contribution in [3.63, 3.8) is 0 Å². The molecule has 0 aliphatic rings. The molecule has 0 unspecified atom stereocenters. The van der Waals surface area contributed by atoms with Gasteiger partial charge in [0.15, 0.2) is 0 Å². The minimum absolute atomic E-state index is 1.17. The van der Waals surface area contributed by atoms with E-state index in [0.717, 1.165) is 0 Å². The maximum absolute atomic E-state index is 2.49. The van der Waals surface area contributed by atoms with Crippen molar-refractivity contribution in [3.8, 4) is 17.1 Å². The van der Waals surface area contributed by atoms with Gasteiger partial charge in [-0.2, -0.15) is 0 Å². The van der Waals surface area contributed by atoms with Crippen LogP contribution in [0.15, 0.2) is 164 Å². The first-order valence-corrected chi connectivity index (χ1v) is 17.2. The van der Waals surface area contributed by atoms with Gasteiger partial charge in [0, 0.05) is 70.4 Å². The third-order valence-corrected chi connectivity index (χ3v) is 11.2. The molecule has 0 amide bonds. The van der Waals surface area contributed by atoms with Crippen LogP contribution in [-0.2, 0) is 0 Å².